The summed E-state index contributed by atoms with van der Waals surface area (Å²) < 4.78 is 0. The average Bonchev–Trinajstić information content (AvgIpc) is 1.80. The third kappa shape index (κ3) is 1.75. The van der Waals surface area contributed by atoms with E-state index in [2.05, 4.69) is 17.6 Å². The number of pyridine rings is 1. The van der Waals surface area contributed by atoms with Gasteiger partial charge in [0.05, 0.1) is 5.02 Å². The van der Waals surface area contributed by atoms with Crippen LogP contribution in [0.15, 0.2) is 17.2 Å². The Kier molecular flexibility index (Phi) is 2.22. The first-order valence-corrected chi connectivity index (χ1v) is 3.40. The highest BCUT2D eigenvalue weighted by Gasteiger charge is 1.95. The Morgan fingerprint density at radius 3 is 2.56 bits per heavy atom. The van der Waals surface area contributed by atoms with Crippen LogP contribution in [0.2, 0.25) is 10.2 Å². The van der Waals surface area contributed by atoms with Gasteiger partial charge in [-0.3, -0.25) is 0 Å². The molecule has 1 aromatic heterocycles. The summed E-state index contributed by atoms with van der Waals surface area (Å²) in [5, 5.41) is 0.749. The predicted molar refractivity (Wildman–Crippen MR) is 41.5 cm³/mol. The van der Waals surface area contributed by atoms with Crippen molar-refractivity contribution >= 4 is 35.8 Å². The van der Waals surface area contributed by atoms with E-state index >= 15 is 0 Å². The summed E-state index contributed by atoms with van der Waals surface area (Å²) in [6, 6.07) is 1.64. The minimum atomic E-state index is 0.314. The van der Waals surface area contributed by atoms with Gasteiger partial charge in [-0.1, -0.05) is 23.2 Å². The Morgan fingerprint density at radius 1 is 1.44 bits per heavy atom. The van der Waals surface area contributed by atoms with Gasteiger partial charge in [0.1, 0.15) is 5.15 Å². The number of hydrogen-bond donors (Lipinski definition) is 1. The third-order valence-electron chi connectivity index (χ3n) is 0.782. The lowest BCUT2D eigenvalue weighted by atomic mass is 10.5. The number of thiol groups is 1. The van der Waals surface area contributed by atoms with Gasteiger partial charge in [0.15, 0.2) is 0 Å². The first-order chi connectivity index (χ1) is 4.20. The molecule has 48 valence electrons. The second kappa shape index (κ2) is 2.78. The lowest BCUT2D eigenvalue weighted by molar-refractivity contribution is 1.24. The van der Waals surface area contributed by atoms with E-state index in [0.717, 1.165) is 0 Å². The second-order valence-corrected chi connectivity index (χ2v) is 2.75. The SMILES string of the molecule is Sc1cnc(Cl)c(Cl)c1. The van der Waals surface area contributed by atoms with Crippen LogP contribution in [-0.4, -0.2) is 4.98 Å². The molecule has 4 heteroatoms. The van der Waals surface area contributed by atoms with Gasteiger partial charge in [0.2, 0.25) is 0 Å². The molecule has 1 aromatic rings. The summed E-state index contributed by atoms with van der Waals surface area (Å²) in [7, 11) is 0. The molecule has 0 aliphatic carbocycles. The van der Waals surface area contributed by atoms with Crippen molar-refractivity contribution in [2.75, 3.05) is 0 Å². The maximum Gasteiger partial charge on any atom is 0.147 e. The molecule has 0 unspecified atom stereocenters. The molecule has 9 heavy (non-hydrogen) atoms. The van der Waals surface area contributed by atoms with Crippen molar-refractivity contribution in [3.8, 4) is 0 Å². The highest BCUT2D eigenvalue weighted by Crippen LogP contribution is 2.20. The van der Waals surface area contributed by atoms with Gasteiger partial charge in [-0.05, 0) is 6.07 Å². The van der Waals surface area contributed by atoms with Gasteiger partial charge in [-0.25, -0.2) is 4.98 Å². The number of rotatable bonds is 0. The minimum Gasteiger partial charge on any atom is -0.242 e. The smallest absolute Gasteiger partial charge is 0.147 e. The molecular weight excluding hydrogens is 177 g/mol. The molecular formula is C5H3Cl2NS. The van der Waals surface area contributed by atoms with Gasteiger partial charge >= 0.3 is 0 Å². The molecule has 0 atom stereocenters. The number of halogens is 2. The van der Waals surface area contributed by atoms with Crippen LogP contribution in [-0.2, 0) is 0 Å². The summed E-state index contributed by atoms with van der Waals surface area (Å²) in [5.74, 6) is 0. The Bertz CT molecular complexity index is 226. The molecule has 0 radical (unpaired) electrons. The maximum atomic E-state index is 5.57. The van der Waals surface area contributed by atoms with Gasteiger partial charge in [0, 0.05) is 11.1 Å². The van der Waals surface area contributed by atoms with Crippen molar-refractivity contribution in [1.82, 2.24) is 4.98 Å². The minimum absolute atomic E-state index is 0.314. The molecule has 0 spiro atoms. The molecule has 0 saturated heterocycles. The molecule has 0 N–H and O–H groups in total. The molecule has 0 bridgehead atoms. The molecule has 1 rings (SSSR count). The van der Waals surface area contributed by atoms with Crippen molar-refractivity contribution in [2.45, 2.75) is 4.90 Å². The quantitative estimate of drug-likeness (QED) is 0.478. The van der Waals surface area contributed by atoms with Gasteiger partial charge in [-0.15, -0.1) is 12.6 Å². The van der Waals surface area contributed by atoms with Crippen molar-refractivity contribution in [3.63, 3.8) is 0 Å². The molecule has 0 aliphatic rings. The monoisotopic (exact) mass is 179 g/mol. The number of aromatic nitrogens is 1. The molecule has 1 heterocycles. The summed E-state index contributed by atoms with van der Waals surface area (Å²) >= 11 is 15.1. The Hall–Kier alpha value is 0.0800. The first kappa shape index (κ1) is 7.19. The fourth-order valence-electron chi connectivity index (χ4n) is 0.411. The zero-order valence-electron chi connectivity index (χ0n) is 4.31. The van der Waals surface area contributed by atoms with E-state index in [1.54, 1.807) is 6.07 Å². The largest absolute Gasteiger partial charge is 0.242 e. The van der Waals surface area contributed by atoms with Gasteiger partial charge in [-0.2, -0.15) is 0 Å². The van der Waals surface area contributed by atoms with Crippen molar-refractivity contribution in [1.29, 1.82) is 0 Å². The zero-order valence-corrected chi connectivity index (χ0v) is 6.71. The van der Waals surface area contributed by atoms with Gasteiger partial charge in [0.25, 0.3) is 0 Å². The van der Waals surface area contributed by atoms with Crippen LogP contribution in [0.25, 0.3) is 0 Å². The summed E-state index contributed by atoms with van der Waals surface area (Å²) in [4.78, 5) is 4.45. The van der Waals surface area contributed by atoms with Crippen molar-refractivity contribution in [3.05, 3.63) is 22.4 Å². The molecule has 0 fully saturated rings. The molecule has 1 nitrogen and oxygen atoms in total. The van der Waals surface area contributed by atoms with E-state index in [-0.39, 0.29) is 0 Å². The highest BCUT2D eigenvalue weighted by molar-refractivity contribution is 7.80. The van der Waals surface area contributed by atoms with E-state index in [1.807, 2.05) is 0 Å². The van der Waals surface area contributed by atoms with E-state index in [9.17, 15) is 0 Å². The lowest BCUT2D eigenvalue weighted by Gasteiger charge is -1.92. The first-order valence-electron chi connectivity index (χ1n) is 2.20. The summed E-state index contributed by atoms with van der Waals surface area (Å²) in [6.45, 7) is 0. The number of hydrogen-bond acceptors (Lipinski definition) is 2. The van der Waals surface area contributed by atoms with E-state index in [0.29, 0.717) is 15.1 Å². The van der Waals surface area contributed by atoms with Crippen molar-refractivity contribution < 1.29 is 0 Å². The van der Waals surface area contributed by atoms with Crippen LogP contribution in [0.1, 0.15) is 0 Å². The highest BCUT2D eigenvalue weighted by atomic mass is 35.5. The topological polar surface area (TPSA) is 12.9 Å². The Balaban J connectivity index is 3.17. The lowest BCUT2D eigenvalue weighted by Crippen LogP contribution is -1.74. The average molecular weight is 180 g/mol. The Morgan fingerprint density at radius 2 is 2.11 bits per heavy atom. The van der Waals surface area contributed by atoms with Crippen LogP contribution >= 0.6 is 35.8 Å². The van der Waals surface area contributed by atoms with Crippen molar-refractivity contribution in [2.24, 2.45) is 0 Å². The summed E-state index contributed by atoms with van der Waals surface area (Å²) in [5.41, 5.74) is 0. The summed E-state index contributed by atoms with van der Waals surface area (Å²) in [6.07, 6.45) is 1.54. The molecule has 0 aliphatic heterocycles. The van der Waals surface area contributed by atoms with E-state index in [4.69, 9.17) is 23.2 Å². The van der Waals surface area contributed by atoms with Crippen LogP contribution < -0.4 is 0 Å². The zero-order chi connectivity index (χ0) is 6.85. The Labute approximate surface area is 68.4 Å². The fourth-order valence-corrected chi connectivity index (χ4v) is 0.944. The normalized spacial score (nSPS) is 9.67. The maximum absolute atomic E-state index is 5.57. The van der Waals surface area contributed by atoms with Crippen LogP contribution in [0.3, 0.4) is 0 Å². The van der Waals surface area contributed by atoms with Gasteiger partial charge < -0.3 is 0 Å². The molecule has 0 aromatic carbocycles. The fraction of sp³-hybridized carbons (Fsp3) is 0. The van der Waals surface area contributed by atoms with Crippen LogP contribution in [0.5, 0.6) is 0 Å². The van der Waals surface area contributed by atoms with Crippen LogP contribution in [0, 0.1) is 0 Å². The van der Waals surface area contributed by atoms with E-state index in [1.165, 1.54) is 6.20 Å². The predicted octanol–water partition coefficient (Wildman–Crippen LogP) is 2.68. The standard InChI is InChI=1S/C5H3Cl2NS/c6-4-1-3(9)2-8-5(4)7/h1-2,9H. The van der Waals surface area contributed by atoms with E-state index < -0.39 is 0 Å². The number of nitrogens with zero attached hydrogens (tertiary/aromatic N) is 1. The van der Waals surface area contributed by atoms with Crippen LogP contribution in [0.4, 0.5) is 0 Å². The third-order valence-corrected chi connectivity index (χ3v) is 1.71. The second-order valence-electron chi connectivity index (χ2n) is 1.47. The molecule has 0 amide bonds. The molecule has 0 saturated carbocycles.